The molecule has 0 bridgehead atoms. The standard InChI is InChI=1S/C14H27N3O5S/c18-14-2-4-16(23(19,20)17-7-11-22-12-8-17)3-1-13(14)15-5-9-21-10-6-15/h13-14,18H,1-12H2/t13-,14-/m0/s1. The summed E-state index contributed by atoms with van der Waals surface area (Å²) in [5.74, 6) is 0. The molecule has 3 fully saturated rings. The molecule has 8 nitrogen and oxygen atoms in total. The first-order valence-electron chi connectivity index (χ1n) is 8.42. The summed E-state index contributed by atoms with van der Waals surface area (Å²) in [4.78, 5) is 2.24. The maximum atomic E-state index is 12.8. The van der Waals surface area contributed by atoms with Crippen molar-refractivity contribution < 1.29 is 23.0 Å². The molecule has 0 unspecified atom stereocenters. The average Bonchev–Trinajstić information content (AvgIpc) is 2.79. The summed E-state index contributed by atoms with van der Waals surface area (Å²) in [6.45, 7) is 5.52. The van der Waals surface area contributed by atoms with Gasteiger partial charge in [0.15, 0.2) is 0 Å². The quantitative estimate of drug-likeness (QED) is 0.684. The van der Waals surface area contributed by atoms with Crippen LogP contribution in [0.2, 0.25) is 0 Å². The highest BCUT2D eigenvalue weighted by Crippen LogP contribution is 2.22. The lowest BCUT2D eigenvalue weighted by atomic mass is 10.0. The van der Waals surface area contributed by atoms with Crippen LogP contribution in [0.15, 0.2) is 0 Å². The van der Waals surface area contributed by atoms with E-state index in [1.165, 1.54) is 8.61 Å². The Kier molecular flexibility index (Phi) is 5.89. The van der Waals surface area contributed by atoms with Crippen LogP contribution < -0.4 is 0 Å². The van der Waals surface area contributed by atoms with Gasteiger partial charge >= 0.3 is 0 Å². The van der Waals surface area contributed by atoms with Crippen molar-refractivity contribution in [3.63, 3.8) is 0 Å². The molecule has 0 radical (unpaired) electrons. The molecule has 23 heavy (non-hydrogen) atoms. The van der Waals surface area contributed by atoms with Gasteiger partial charge in [0.2, 0.25) is 0 Å². The highest BCUT2D eigenvalue weighted by atomic mass is 32.2. The maximum absolute atomic E-state index is 12.8. The van der Waals surface area contributed by atoms with E-state index in [2.05, 4.69) is 4.90 Å². The van der Waals surface area contributed by atoms with Crippen LogP contribution in [0, 0.1) is 0 Å². The molecule has 0 aliphatic carbocycles. The number of hydrogen-bond donors (Lipinski definition) is 1. The van der Waals surface area contributed by atoms with Crippen LogP contribution in [0.5, 0.6) is 0 Å². The number of nitrogens with zero attached hydrogens (tertiary/aromatic N) is 3. The topological polar surface area (TPSA) is 82.5 Å². The molecule has 0 aromatic carbocycles. The summed E-state index contributed by atoms with van der Waals surface area (Å²) in [5, 5.41) is 10.5. The van der Waals surface area contributed by atoms with E-state index in [4.69, 9.17) is 9.47 Å². The Morgan fingerprint density at radius 3 is 1.96 bits per heavy atom. The zero-order chi connectivity index (χ0) is 16.3. The van der Waals surface area contributed by atoms with Gasteiger partial charge in [0.05, 0.1) is 32.5 Å². The van der Waals surface area contributed by atoms with E-state index in [1.54, 1.807) is 0 Å². The van der Waals surface area contributed by atoms with Crippen molar-refractivity contribution in [2.24, 2.45) is 0 Å². The first-order valence-corrected chi connectivity index (χ1v) is 9.81. The van der Waals surface area contributed by atoms with Crippen molar-refractivity contribution in [1.29, 1.82) is 0 Å². The van der Waals surface area contributed by atoms with Crippen molar-refractivity contribution in [1.82, 2.24) is 13.5 Å². The molecule has 0 aromatic heterocycles. The molecule has 0 saturated carbocycles. The Bertz CT molecular complexity index is 477. The molecular weight excluding hydrogens is 322 g/mol. The minimum absolute atomic E-state index is 0.0174. The summed E-state index contributed by atoms with van der Waals surface area (Å²) in [6.07, 6.45) is 0.647. The first-order chi connectivity index (χ1) is 11.1. The van der Waals surface area contributed by atoms with Crippen molar-refractivity contribution in [3.8, 4) is 0 Å². The van der Waals surface area contributed by atoms with Crippen LogP contribution in [-0.2, 0) is 19.7 Å². The largest absolute Gasteiger partial charge is 0.391 e. The molecule has 3 saturated heterocycles. The lowest BCUT2D eigenvalue weighted by molar-refractivity contribution is -0.0222. The molecule has 3 rings (SSSR count). The van der Waals surface area contributed by atoms with E-state index in [0.29, 0.717) is 65.4 Å². The second-order valence-electron chi connectivity index (χ2n) is 6.28. The molecule has 0 spiro atoms. The van der Waals surface area contributed by atoms with E-state index in [0.717, 1.165) is 13.1 Å². The molecule has 0 aromatic rings. The molecule has 2 atom stereocenters. The van der Waals surface area contributed by atoms with Gasteiger partial charge in [0, 0.05) is 45.3 Å². The third-order valence-electron chi connectivity index (χ3n) is 4.93. The number of aliphatic hydroxyl groups is 1. The Morgan fingerprint density at radius 2 is 1.30 bits per heavy atom. The lowest BCUT2D eigenvalue weighted by Gasteiger charge is -2.36. The van der Waals surface area contributed by atoms with Gasteiger partial charge in [0.1, 0.15) is 0 Å². The van der Waals surface area contributed by atoms with Crippen LogP contribution in [0.3, 0.4) is 0 Å². The first kappa shape index (κ1) is 17.5. The van der Waals surface area contributed by atoms with Gasteiger partial charge < -0.3 is 14.6 Å². The Hall–Kier alpha value is -0.290. The molecule has 9 heteroatoms. The van der Waals surface area contributed by atoms with Gasteiger partial charge in [-0.2, -0.15) is 17.0 Å². The van der Waals surface area contributed by atoms with Crippen LogP contribution in [0.4, 0.5) is 0 Å². The van der Waals surface area contributed by atoms with Gasteiger partial charge in [-0.3, -0.25) is 4.90 Å². The van der Waals surface area contributed by atoms with Crippen molar-refractivity contribution in [3.05, 3.63) is 0 Å². The normalized spacial score (nSPS) is 33.4. The fourth-order valence-electron chi connectivity index (χ4n) is 3.56. The Labute approximate surface area is 138 Å². The van der Waals surface area contributed by atoms with E-state index >= 15 is 0 Å². The summed E-state index contributed by atoms with van der Waals surface area (Å²) in [6, 6.07) is 0.0174. The molecular formula is C14H27N3O5S. The molecule has 134 valence electrons. The number of rotatable bonds is 3. The third kappa shape index (κ3) is 4.04. The smallest absolute Gasteiger partial charge is 0.282 e. The van der Waals surface area contributed by atoms with Crippen molar-refractivity contribution in [2.75, 3.05) is 65.7 Å². The highest BCUT2D eigenvalue weighted by Gasteiger charge is 2.36. The minimum Gasteiger partial charge on any atom is -0.391 e. The Morgan fingerprint density at radius 1 is 0.783 bits per heavy atom. The van der Waals surface area contributed by atoms with Crippen LogP contribution in [0.25, 0.3) is 0 Å². The lowest BCUT2D eigenvalue weighted by Crippen LogP contribution is -2.49. The molecule has 3 aliphatic rings. The summed E-state index contributed by atoms with van der Waals surface area (Å²) in [5.41, 5.74) is 0. The SMILES string of the molecule is O=S(=O)(N1CCOCC1)N1CC[C@H](O)[C@@H](N2CCOCC2)CC1. The average molecular weight is 349 g/mol. The molecule has 0 amide bonds. The predicted octanol–water partition coefficient (Wildman–Crippen LogP) is -1.28. The third-order valence-corrected chi connectivity index (χ3v) is 6.97. The van der Waals surface area contributed by atoms with Crippen molar-refractivity contribution >= 4 is 10.2 Å². The van der Waals surface area contributed by atoms with E-state index in [9.17, 15) is 13.5 Å². The maximum Gasteiger partial charge on any atom is 0.282 e. The fraction of sp³-hybridized carbons (Fsp3) is 1.00. The number of ether oxygens (including phenoxy) is 2. The van der Waals surface area contributed by atoms with Gasteiger partial charge in [0.25, 0.3) is 10.2 Å². The van der Waals surface area contributed by atoms with Gasteiger partial charge in [-0.15, -0.1) is 0 Å². The molecule has 3 heterocycles. The van der Waals surface area contributed by atoms with Crippen LogP contribution in [0.1, 0.15) is 12.8 Å². The zero-order valence-corrected chi connectivity index (χ0v) is 14.3. The minimum atomic E-state index is -3.45. The summed E-state index contributed by atoms with van der Waals surface area (Å²) < 4.78 is 39.2. The predicted molar refractivity (Wildman–Crippen MR) is 84.3 cm³/mol. The molecule has 3 aliphatic heterocycles. The molecule has 1 N–H and O–H groups in total. The monoisotopic (exact) mass is 349 g/mol. The Balaban J connectivity index is 1.64. The van der Waals surface area contributed by atoms with Crippen LogP contribution in [-0.4, -0.2) is 105 Å². The van der Waals surface area contributed by atoms with Gasteiger partial charge in [-0.1, -0.05) is 0 Å². The second-order valence-corrected chi connectivity index (χ2v) is 8.21. The number of morpholine rings is 2. The van der Waals surface area contributed by atoms with Gasteiger partial charge in [-0.05, 0) is 12.8 Å². The van der Waals surface area contributed by atoms with Crippen molar-refractivity contribution in [2.45, 2.75) is 25.0 Å². The van der Waals surface area contributed by atoms with E-state index < -0.39 is 16.3 Å². The van der Waals surface area contributed by atoms with Gasteiger partial charge in [-0.25, -0.2) is 0 Å². The van der Waals surface area contributed by atoms with Crippen LogP contribution >= 0.6 is 0 Å². The summed E-state index contributed by atoms with van der Waals surface area (Å²) in [7, 11) is -3.45. The van der Waals surface area contributed by atoms with E-state index in [-0.39, 0.29) is 6.04 Å². The fourth-order valence-corrected chi connectivity index (χ4v) is 5.16. The number of aliphatic hydroxyl groups excluding tert-OH is 1. The summed E-state index contributed by atoms with van der Waals surface area (Å²) >= 11 is 0. The zero-order valence-electron chi connectivity index (χ0n) is 13.5. The van der Waals surface area contributed by atoms with E-state index in [1.807, 2.05) is 0 Å². The number of hydrogen-bond acceptors (Lipinski definition) is 6. The second kappa shape index (κ2) is 7.73. The highest BCUT2D eigenvalue weighted by molar-refractivity contribution is 7.86.